The van der Waals surface area contributed by atoms with Gasteiger partial charge < -0.3 is 9.47 Å². The summed E-state index contributed by atoms with van der Waals surface area (Å²) < 4.78 is 42.1. The molecule has 0 atom stereocenters. The van der Waals surface area contributed by atoms with Crippen LogP contribution in [-0.4, -0.2) is 38.5 Å². The molecule has 0 unspecified atom stereocenters. The average Bonchev–Trinajstić information content (AvgIpc) is 2.95. The van der Waals surface area contributed by atoms with Crippen LogP contribution in [0.3, 0.4) is 0 Å². The second-order valence-electron chi connectivity index (χ2n) is 5.94. The number of hydrogen-bond donors (Lipinski definition) is 0. The summed E-state index contributed by atoms with van der Waals surface area (Å²) in [6.45, 7) is 1.31. The van der Waals surface area contributed by atoms with E-state index in [9.17, 15) is 12.8 Å². The van der Waals surface area contributed by atoms with Crippen molar-refractivity contribution in [1.29, 1.82) is 0 Å². The number of sulfone groups is 1. The first kappa shape index (κ1) is 16.7. The van der Waals surface area contributed by atoms with Gasteiger partial charge in [0.05, 0.1) is 15.8 Å². The zero-order chi connectivity index (χ0) is 17.3. The van der Waals surface area contributed by atoms with Crippen LogP contribution in [0.4, 0.5) is 4.39 Å². The Kier molecular flexibility index (Phi) is 4.43. The average molecular weight is 346 g/mol. The summed E-state index contributed by atoms with van der Waals surface area (Å²) in [5.74, 6) is -0.523. The van der Waals surface area contributed by atoms with E-state index in [1.165, 1.54) is 18.2 Å². The van der Waals surface area contributed by atoms with Crippen LogP contribution in [0.2, 0.25) is 0 Å². The van der Waals surface area contributed by atoms with Crippen molar-refractivity contribution in [3.8, 4) is 0 Å². The minimum Gasteiger partial charge on any atom is -0.345 e. The summed E-state index contributed by atoms with van der Waals surface area (Å²) in [5.41, 5.74) is 0.589. The molecule has 0 saturated carbocycles. The highest BCUT2D eigenvalue weighted by atomic mass is 32.2. The van der Waals surface area contributed by atoms with Crippen molar-refractivity contribution in [2.75, 3.05) is 20.6 Å². The fourth-order valence-corrected chi connectivity index (χ4v) is 4.20. The standard InChI is InChI=1S/C18H19FN2O2S/c1-20(2)11-12-21-13-17(18-15(19)9-6-10-16(18)21)24(22,23)14-7-4-3-5-8-14/h3-10,13H,11-12H2,1-2H3. The van der Waals surface area contributed by atoms with Gasteiger partial charge in [-0.05, 0) is 38.4 Å². The first-order valence-electron chi connectivity index (χ1n) is 7.63. The van der Waals surface area contributed by atoms with Crippen LogP contribution in [0.1, 0.15) is 0 Å². The fraction of sp³-hybridized carbons (Fsp3) is 0.222. The number of benzene rings is 2. The number of aromatic nitrogens is 1. The van der Waals surface area contributed by atoms with E-state index in [1.807, 2.05) is 19.0 Å². The van der Waals surface area contributed by atoms with Gasteiger partial charge in [0.15, 0.2) is 0 Å². The number of nitrogens with zero attached hydrogens (tertiary/aromatic N) is 2. The molecule has 0 spiro atoms. The maximum absolute atomic E-state index is 14.4. The lowest BCUT2D eigenvalue weighted by Gasteiger charge is -2.10. The van der Waals surface area contributed by atoms with Crippen LogP contribution >= 0.6 is 0 Å². The largest absolute Gasteiger partial charge is 0.345 e. The minimum absolute atomic E-state index is 0.0144. The smallest absolute Gasteiger partial charge is 0.208 e. The van der Waals surface area contributed by atoms with Gasteiger partial charge in [0.25, 0.3) is 0 Å². The SMILES string of the molecule is CN(C)CCn1cc(S(=O)(=O)c2ccccc2)c2c(F)cccc21. The predicted molar refractivity (Wildman–Crippen MR) is 92.3 cm³/mol. The quantitative estimate of drug-likeness (QED) is 0.713. The first-order chi connectivity index (χ1) is 11.4. The van der Waals surface area contributed by atoms with Crippen molar-refractivity contribution >= 4 is 20.7 Å². The summed E-state index contributed by atoms with van der Waals surface area (Å²) in [7, 11) is 0.0965. The molecule has 0 saturated heterocycles. The molecule has 1 aromatic heterocycles. The topological polar surface area (TPSA) is 42.3 Å². The first-order valence-corrected chi connectivity index (χ1v) is 9.12. The van der Waals surface area contributed by atoms with Gasteiger partial charge in [-0.25, -0.2) is 12.8 Å². The Bertz CT molecular complexity index is 963. The van der Waals surface area contributed by atoms with E-state index in [0.717, 1.165) is 6.54 Å². The second kappa shape index (κ2) is 6.37. The van der Waals surface area contributed by atoms with Crippen LogP contribution in [0.15, 0.2) is 64.5 Å². The molecule has 0 aliphatic heterocycles. The van der Waals surface area contributed by atoms with Crippen molar-refractivity contribution in [3.63, 3.8) is 0 Å². The maximum atomic E-state index is 14.4. The zero-order valence-corrected chi connectivity index (χ0v) is 14.4. The molecule has 0 radical (unpaired) electrons. The fourth-order valence-electron chi connectivity index (χ4n) is 2.69. The van der Waals surface area contributed by atoms with E-state index < -0.39 is 15.7 Å². The normalized spacial score (nSPS) is 12.2. The minimum atomic E-state index is -3.78. The van der Waals surface area contributed by atoms with Gasteiger partial charge in [-0.1, -0.05) is 24.3 Å². The summed E-state index contributed by atoms with van der Waals surface area (Å²) in [4.78, 5) is 2.18. The van der Waals surface area contributed by atoms with Crippen LogP contribution in [0.5, 0.6) is 0 Å². The molecule has 3 aromatic rings. The predicted octanol–water partition coefficient (Wildman–Crippen LogP) is 3.17. The molecule has 2 aromatic carbocycles. The molecule has 3 rings (SSSR count). The van der Waals surface area contributed by atoms with Crippen molar-refractivity contribution in [2.24, 2.45) is 0 Å². The number of likely N-dealkylation sites (N-methyl/N-ethyl adjacent to an activating group) is 1. The molecule has 1 heterocycles. The summed E-state index contributed by atoms with van der Waals surface area (Å²) in [6, 6.07) is 12.8. The molecule has 0 fully saturated rings. The number of hydrogen-bond acceptors (Lipinski definition) is 3. The van der Waals surface area contributed by atoms with E-state index >= 15 is 0 Å². The highest BCUT2D eigenvalue weighted by Gasteiger charge is 2.25. The lowest BCUT2D eigenvalue weighted by Crippen LogP contribution is -2.18. The third-order valence-electron chi connectivity index (χ3n) is 3.95. The van der Waals surface area contributed by atoms with Crippen molar-refractivity contribution in [2.45, 2.75) is 16.3 Å². The second-order valence-corrected chi connectivity index (χ2v) is 7.86. The Labute approximate surface area is 141 Å². The van der Waals surface area contributed by atoms with Crippen LogP contribution in [-0.2, 0) is 16.4 Å². The summed E-state index contributed by atoms with van der Waals surface area (Å²) in [5, 5.41) is 0.153. The van der Waals surface area contributed by atoms with Gasteiger partial charge in [0.2, 0.25) is 9.84 Å². The zero-order valence-electron chi connectivity index (χ0n) is 13.6. The Balaban J connectivity index is 2.21. The lowest BCUT2D eigenvalue weighted by atomic mass is 10.2. The van der Waals surface area contributed by atoms with Crippen LogP contribution in [0.25, 0.3) is 10.9 Å². The lowest BCUT2D eigenvalue weighted by molar-refractivity contribution is 0.386. The molecular weight excluding hydrogens is 327 g/mol. The highest BCUT2D eigenvalue weighted by Crippen LogP contribution is 2.31. The van der Waals surface area contributed by atoms with Gasteiger partial charge in [-0.3, -0.25) is 0 Å². The molecule has 0 N–H and O–H groups in total. The number of halogens is 1. The maximum Gasteiger partial charge on any atom is 0.208 e. The van der Waals surface area contributed by atoms with E-state index in [2.05, 4.69) is 0 Å². The molecule has 0 amide bonds. The third-order valence-corrected chi connectivity index (χ3v) is 5.73. The molecule has 0 bridgehead atoms. The Morgan fingerprint density at radius 1 is 1.04 bits per heavy atom. The van der Waals surface area contributed by atoms with Gasteiger partial charge in [-0.2, -0.15) is 0 Å². The van der Waals surface area contributed by atoms with Gasteiger partial charge in [0.1, 0.15) is 10.7 Å². The highest BCUT2D eigenvalue weighted by molar-refractivity contribution is 7.91. The van der Waals surface area contributed by atoms with E-state index in [-0.39, 0.29) is 15.2 Å². The van der Waals surface area contributed by atoms with Gasteiger partial charge in [0, 0.05) is 19.3 Å². The van der Waals surface area contributed by atoms with E-state index in [0.29, 0.717) is 12.1 Å². The summed E-state index contributed by atoms with van der Waals surface area (Å²) in [6.07, 6.45) is 1.54. The third kappa shape index (κ3) is 2.95. The molecule has 0 aliphatic rings. The Hall–Kier alpha value is -2.18. The van der Waals surface area contributed by atoms with Crippen molar-refractivity contribution in [1.82, 2.24) is 9.47 Å². The molecule has 0 aliphatic carbocycles. The molecule has 126 valence electrons. The monoisotopic (exact) mass is 346 g/mol. The number of rotatable bonds is 5. The van der Waals surface area contributed by atoms with E-state index in [4.69, 9.17) is 0 Å². The Morgan fingerprint density at radius 3 is 2.42 bits per heavy atom. The van der Waals surface area contributed by atoms with Gasteiger partial charge >= 0.3 is 0 Å². The number of fused-ring (bicyclic) bond motifs is 1. The Morgan fingerprint density at radius 2 is 1.75 bits per heavy atom. The molecular formula is C18H19FN2O2S. The molecule has 24 heavy (non-hydrogen) atoms. The van der Waals surface area contributed by atoms with Gasteiger partial charge in [-0.15, -0.1) is 0 Å². The molecule has 4 nitrogen and oxygen atoms in total. The molecule has 6 heteroatoms. The van der Waals surface area contributed by atoms with Crippen molar-refractivity contribution < 1.29 is 12.8 Å². The van der Waals surface area contributed by atoms with Crippen LogP contribution in [0, 0.1) is 5.82 Å². The summed E-state index contributed by atoms with van der Waals surface area (Å²) >= 11 is 0. The van der Waals surface area contributed by atoms with Crippen LogP contribution < -0.4 is 0 Å². The van der Waals surface area contributed by atoms with E-state index in [1.54, 1.807) is 41.1 Å². The van der Waals surface area contributed by atoms with Crippen molar-refractivity contribution in [3.05, 3.63) is 60.5 Å².